The summed E-state index contributed by atoms with van der Waals surface area (Å²) in [6.45, 7) is 4.01. The minimum atomic E-state index is -0.610. The van der Waals surface area contributed by atoms with Gasteiger partial charge in [-0.05, 0) is 46.2 Å². The molecule has 2 nitrogen and oxygen atoms in total. The summed E-state index contributed by atoms with van der Waals surface area (Å²) in [5.74, 6) is -0.559. The van der Waals surface area contributed by atoms with E-state index in [2.05, 4.69) is 32.6 Å². The minimum absolute atomic E-state index is 0.199. The van der Waals surface area contributed by atoms with Crippen LogP contribution in [0.1, 0.15) is 36.8 Å². The van der Waals surface area contributed by atoms with Gasteiger partial charge in [-0.2, -0.15) is 0 Å². The predicted octanol–water partition coefficient (Wildman–Crippen LogP) is 4.73. The van der Waals surface area contributed by atoms with Crippen LogP contribution in [0.3, 0.4) is 0 Å². The van der Waals surface area contributed by atoms with E-state index in [0.717, 1.165) is 15.3 Å². The predicted molar refractivity (Wildman–Crippen MR) is 83.0 cm³/mol. The van der Waals surface area contributed by atoms with E-state index in [0.29, 0.717) is 16.5 Å². The number of rotatable bonds is 3. The van der Waals surface area contributed by atoms with Crippen LogP contribution in [0.2, 0.25) is 5.15 Å². The summed E-state index contributed by atoms with van der Waals surface area (Å²) in [5, 5.41) is 0.371. The molecule has 0 bridgehead atoms. The molecule has 0 radical (unpaired) electrons. The van der Waals surface area contributed by atoms with Crippen molar-refractivity contribution in [3.8, 4) is 0 Å². The van der Waals surface area contributed by atoms with Crippen molar-refractivity contribution in [1.82, 2.24) is 9.97 Å². The van der Waals surface area contributed by atoms with Crippen LogP contribution in [-0.4, -0.2) is 9.97 Å². The first-order valence-corrected chi connectivity index (χ1v) is 7.49. The molecule has 0 aliphatic rings. The number of hydrogen-bond acceptors (Lipinski definition) is 2. The Balaban J connectivity index is 2.38. The van der Waals surface area contributed by atoms with E-state index >= 15 is 0 Å². The Morgan fingerprint density at radius 1 is 1.15 bits per heavy atom. The summed E-state index contributed by atoms with van der Waals surface area (Å²) in [4.78, 5) is 8.61. The topological polar surface area (TPSA) is 25.8 Å². The smallest absolute Gasteiger partial charge is 0.146 e. The van der Waals surface area contributed by atoms with E-state index in [1.165, 1.54) is 12.1 Å². The molecule has 1 aromatic heterocycles. The number of halogens is 4. The molecule has 0 unspecified atom stereocenters. The van der Waals surface area contributed by atoms with Crippen LogP contribution in [0.25, 0.3) is 0 Å². The highest BCUT2D eigenvalue weighted by Gasteiger charge is 2.14. The lowest BCUT2D eigenvalue weighted by Crippen LogP contribution is -2.06. The SMILES string of the molecule is CC(C)c1nc(Cc2cc(F)cc(F)c2)nc(Cl)c1I. The molecule has 0 amide bonds. The molecule has 0 N–H and O–H groups in total. The molecule has 0 fully saturated rings. The van der Waals surface area contributed by atoms with Crippen molar-refractivity contribution < 1.29 is 8.78 Å². The molecular formula is C14H12ClF2IN2. The Kier molecular flexibility index (Phi) is 4.90. The second-order valence-electron chi connectivity index (χ2n) is 4.74. The summed E-state index contributed by atoms with van der Waals surface area (Å²) in [6.07, 6.45) is 0.241. The number of nitrogens with zero attached hydrogens (tertiary/aromatic N) is 2. The third kappa shape index (κ3) is 3.63. The highest BCUT2D eigenvalue weighted by atomic mass is 127. The Morgan fingerprint density at radius 3 is 2.30 bits per heavy atom. The summed E-state index contributed by atoms with van der Waals surface area (Å²) < 4.78 is 27.2. The lowest BCUT2D eigenvalue weighted by molar-refractivity contribution is 0.580. The second-order valence-corrected chi connectivity index (χ2v) is 6.18. The number of hydrogen-bond donors (Lipinski definition) is 0. The van der Waals surface area contributed by atoms with Gasteiger partial charge >= 0.3 is 0 Å². The zero-order valence-corrected chi connectivity index (χ0v) is 13.8. The fraction of sp³-hybridized carbons (Fsp3) is 0.286. The van der Waals surface area contributed by atoms with E-state index in [4.69, 9.17) is 11.6 Å². The van der Waals surface area contributed by atoms with E-state index < -0.39 is 11.6 Å². The van der Waals surface area contributed by atoms with Crippen molar-refractivity contribution in [2.45, 2.75) is 26.2 Å². The largest absolute Gasteiger partial charge is 0.236 e. The average molecular weight is 409 g/mol. The summed E-state index contributed by atoms with van der Waals surface area (Å²) in [5.41, 5.74) is 1.33. The van der Waals surface area contributed by atoms with Crippen molar-refractivity contribution in [2.24, 2.45) is 0 Å². The molecule has 0 saturated heterocycles. The molecule has 106 valence electrons. The molecule has 0 atom stereocenters. The highest BCUT2D eigenvalue weighted by Crippen LogP contribution is 2.25. The van der Waals surface area contributed by atoms with Crippen LogP contribution >= 0.6 is 34.2 Å². The van der Waals surface area contributed by atoms with Crippen molar-refractivity contribution >= 4 is 34.2 Å². The molecule has 1 heterocycles. The molecule has 6 heteroatoms. The molecular weight excluding hydrogens is 397 g/mol. The fourth-order valence-corrected chi connectivity index (χ4v) is 2.90. The lowest BCUT2D eigenvalue weighted by atomic mass is 10.1. The maximum Gasteiger partial charge on any atom is 0.146 e. The number of aromatic nitrogens is 2. The third-order valence-electron chi connectivity index (χ3n) is 2.71. The summed E-state index contributed by atoms with van der Waals surface area (Å²) in [6, 6.07) is 3.38. The van der Waals surface area contributed by atoms with E-state index in [-0.39, 0.29) is 12.3 Å². The monoisotopic (exact) mass is 408 g/mol. The Morgan fingerprint density at radius 2 is 1.75 bits per heavy atom. The highest BCUT2D eigenvalue weighted by molar-refractivity contribution is 14.1. The fourth-order valence-electron chi connectivity index (χ4n) is 1.84. The van der Waals surface area contributed by atoms with E-state index in [1.807, 2.05) is 13.8 Å². The molecule has 0 aliphatic heterocycles. The van der Waals surface area contributed by atoms with Gasteiger partial charge in [0.15, 0.2) is 0 Å². The van der Waals surface area contributed by atoms with Gasteiger partial charge in [-0.3, -0.25) is 0 Å². The zero-order valence-electron chi connectivity index (χ0n) is 10.9. The van der Waals surface area contributed by atoms with Crippen LogP contribution in [0.4, 0.5) is 8.78 Å². The van der Waals surface area contributed by atoms with Crippen LogP contribution in [0, 0.1) is 15.2 Å². The van der Waals surface area contributed by atoms with E-state index in [9.17, 15) is 8.78 Å². The molecule has 2 aromatic rings. The van der Waals surface area contributed by atoms with Crippen LogP contribution < -0.4 is 0 Å². The molecule has 0 aliphatic carbocycles. The van der Waals surface area contributed by atoms with E-state index in [1.54, 1.807) is 0 Å². The first-order valence-electron chi connectivity index (χ1n) is 6.03. The standard InChI is InChI=1S/C14H12ClF2IN2/c1-7(2)13-12(18)14(15)20-11(19-13)5-8-3-9(16)6-10(17)4-8/h3-4,6-7H,5H2,1-2H3. The Labute approximate surface area is 134 Å². The van der Waals surface area contributed by atoms with Crippen molar-refractivity contribution in [3.05, 3.63) is 55.6 Å². The van der Waals surface area contributed by atoms with Crippen molar-refractivity contribution in [2.75, 3.05) is 0 Å². The normalized spacial score (nSPS) is 11.2. The van der Waals surface area contributed by atoms with Gasteiger partial charge in [0.05, 0.1) is 9.26 Å². The van der Waals surface area contributed by atoms with Gasteiger partial charge in [0.25, 0.3) is 0 Å². The lowest BCUT2D eigenvalue weighted by Gasteiger charge is -2.11. The average Bonchev–Trinajstić information content (AvgIpc) is 2.31. The molecule has 0 spiro atoms. The summed E-state index contributed by atoms with van der Waals surface area (Å²) >= 11 is 8.19. The molecule has 20 heavy (non-hydrogen) atoms. The van der Waals surface area contributed by atoms with Gasteiger partial charge in [-0.1, -0.05) is 25.4 Å². The third-order valence-corrected chi connectivity index (χ3v) is 4.37. The maximum atomic E-state index is 13.2. The van der Waals surface area contributed by atoms with Gasteiger partial charge < -0.3 is 0 Å². The van der Waals surface area contributed by atoms with Gasteiger partial charge in [0.2, 0.25) is 0 Å². The number of benzene rings is 1. The van der Waals surface area contributed by atoms with Gasteiger partial charge in [0, 0.05) is 12.5 Å². The Bertz CT molecular complexity index is 627. The molecule has 1 aromatic carbocycles. The zero-order chi connectivity index (χ0) is 14.9. The van der Waals surface area contributed by atoms with Gasteiger partial charge in [-0.15, -0.1) is 0 Å². The van der Waals surface area contributed by atoms with Crippen molar-refractivity contribution in [3.63, 3.8) is 0 Å². The first kappa shape index (κ1) is 15.6. The van der Waals surface area contributed by atoms with Crippen LogP contribution in [0.5, 0.6) is 0 Å². The minimum Gasteiger partial charge on any atom is -0.236 e. The maximum absolute atomic E-state index is 13.2. The first-order chi connectivity index (χ1) is 9.36. The van der Waals surface area contributed by atoms with Gasteiger partial charge in [0.1, 0.15) is 22.6 Å². The van der Waals surface area contributed by atoms with Crippen LogP contribution in [-0.2, 0) is 6.42 Å². The molecule has 0 saturated carbocycles. The van der Waals surface area contributed by atoms with Crippen molar-refractivity contribution in [1.29, 1.82) is 0 Å². The second kappa shape index (κ2) is 6.30. The van der Waals surface area contributed by atoms with Crippen LogP contribution in [0.15, 0.2) is 18.2 Å². The quantitative estimate of drug-likeness (QED) is 0.542. The Hall–Kier alpha value is -0.820. The molecule has 2 rings (SSSR count). The van der Waals surface area contributed by atoms with Gasteiger partial charge in [-0.25, -0.2) is 18.7 Å². The summed E-state index contributed by atoms with van der Waals surface area (Å²) in [7, 11) is 0.